The molecule has 5 aromatic rings. The Morgan fingerprint density at radius 2 is 1.49 bits per heavy atom. The lowest BCUT2D eigenvalue weighted by Gasteiger charge is -2.41. The number of cyclic esters (lactones) is 1. The summed E-state index contributed by atoms with van der Waals surface area (Å²) in [6, 6.07) is -14.1. The van der Waals surface area contributed by atoms with Crippen LogP contribution in [-0.2, 0) is 58.2 Å². The van der Waals surface area contributed by atoms with Crippen LogP contribution in [0, 0.1) is 11.8 Å². The van der Waals surface area contributed by atoms with Gasteiger partial charge in [0.05, 0.1) is 64.6 Å². The predicted octanol–water partition coefficient (Wildman–Crippen LogP) is 1.07. The summed E-state index contributed by atoms with van der Waals surface area (Å²) in [7, 11) is 0. The molecule has 5 aliphatic heterocycles. The van der Waals surface area contributed by atoms with Crippen molar-refractivity contribution in [2.45, 2.75) is 216 Å². The van der Waals surface area contributed by atoms with E-state index in [0.29, 0.717) is 19.3 Å². The molecule has 12 amide bonds. The second kappa shape index (κ2) is 41.2. The summed E-state index contributed by atoms with van der Waals surface area (Å²) in [5.41, 5.74) is -1.10. The number of pyridine rings is 1. The smallest absolute Gasteiger partial charge is 0.357 e. The molecule has 5 aromatic heterocycles. The van der Waals surface area contributed by atoms with Crippen LogP contribution in [0.3, 0.4) is 0 Å². The number of thioether (sulfide) groups is 2. The Labute approximate surface area is 757 Å². The van der Waals surface area contributed by atoms with Gasteiger partial charge < -0.3 is 99.2 Å². The van der Waals surface area contributed by atoms with Crippen LogP contribution in [0.5, 0.6) is 0 Å². The van der Waals surface area contributed by atoms with Crippen LogP contribution < -0.4 is 64.2 Å². The number of carbonyl (C=O) groups is 14. The highest BCUT2D eigenvalue weighted by molar-refractivity contribution is 8.14. The number of carboxylic acid groups (broad SMARTS) is 1. The molecule has 0 radical (unpaired) electrons. The molecule has 1 unspecified atom stereocenters. The molecule has 47 heteroatoms. The standard InChI is InChI=1S/C81H100N20O21S6/c1-14-31(3)54-70(115)86-34(6)63(108)83-33(5)62(107)84-36(8)65(110)100-81-21-20-45(73-94-49(27-125-73)66(111)85-35(7)64(109)91-48(61(82)106)25-123-24-32(4)76(117)101-22-16-17-53(101)77(118)119)89-59(81)47-26-126-74(92-47)56(39(11)122-78(120)46-23-42(37(9)102)41-18-19-44(87-54)58(105)57(41)88-46)98-67(112)50-29-127-75(95-50)60(80(13,121)40(12)104)99-69(114)51-28-124-72(93-51)43(15-2)90-71(116)55(38(10)103)97-68(113)52-30-128-79(81)96-52/h15,18-19,23,26-27,29-32,34,36-40,44,48,51,53-56,58-60,87,102-105,121H,5,7,14,16-17,20-22,24-25,28H2,1-4,6,8-13H3,(H2,82,106)(H,83,108)(H,84,107)(H,85,111)(H,86,115)(H,90,116)(H,91,109)(H,97,113)(H,98,112)(H,99,114)(H,100,110)(H,118,119)/b43-15-/t31-,32+,34-,36-,37-,38+,39+,40-,44+,48?,51+,53-,54-,55-,56-,58-,59+,60+,80+,81+/m0/s1. The van der Waals surface area contributed by atoms with Gasteiger partial charge >= 0.3 is 11.9 Å². The molecule has 10 heterocycles. The molecule has 19 N–H and O–H groups in total. The number of fused-ring (bicyclic) bond motifs is 7. The number of esters is 1. The van der Waals surface area contributed by atoms with Gasteiger partial charge in [-0.3, -0.25) is 72.8 Å². The van der Waals surface area contributed by atoms with E-state index in [9.17, 15) is 83.4 Å². The van der Waals surface area contributed by atoms with Crippen molar-refractivity contribution in [2.24, 2.45) is 27.6 Å². The number of hydrogen-bond acceptors (Lipinski definition) is 34. The highest BCUT2D eigenvalue weighted by Gasteiger charge is 2.52. The molecule has 20 atom stereocenters. The maximum Gasteiger partial charge on any atom is 0.357 e. The van der Waals surface area contributed by atoms with Gasteiger partial charge in [0.1, 0.15) is 126 Å². The van der Waals surface area contributed by atoms with Gasteiger partial charge in [0, 0.05) is 56.8 Å². The van der Waals surface area contributed by atoms with Crippen molar-refractivity contribution in [3.05, 3.63) is 135 Å². The van der Waals surface area contributed by atoms with Crippen molar-refractivity contribution in [1.82, 2.24) is 88.3 Å². The number of rotatable bonds is 18. The molecule has 41 nitrogen and oxygen atoms in total. The van der Waals surface area contributed by atoms with Crippen molar-refractivity contribution in [3.8, 4) is 0 Å². The van der Waals surface area contributed by atoms with Crippen molar-refractivity contribution in [2.75, 3.05) is 23.8 Å². The zero-order valence-electron chi connectivity index (χ0n) is 71.2. The quantitative estimate of drug-likeness (QED) is 0.0431. The van der Waals surface area contributed by atoms with E-state index < -0.39 is 226 Å². The van der Waals surface area contributed by atoms with Crippen LogP contribution in [0.1, 0.15) is 223 Å². The third-order valence-electron chi connectivity index (χ3n) is 22.5. The summed E-state index contributed by atoms with van der Waals surface area (Å²) in [5.74, 6) is -14.5. The molecule has 0 saturated carbocycles. The van der Waals surface area contributed by atoms with Crippen LogP contribution >= 0.6 is 68.9 Å². The number of nitrogens with two attached hydrogens (primary N) is 1. The Hall–Kier alpha value is -11.0. The molecule has 0 aromatic carbocycles. The third kappa shape index (κ3) is 21.8. The zero-order chi connectivity index (χ0) is 93.6. The summed E-state index contributed by atoms with van der Waals surface area (Å²) >= 11 is 5.44. The van der Waals surface area contributed by atoms with Gasteiger partial charge in [0.15, 0.2) is 0 Å². The molecule has 0 spiro atoms. The van der Waals surface area contributed by atoms with E-state index >= 15 is 14.4 Å². The number of aliphatic hydroxyl groups excluding tert-OH is 4. The largest absolute Gasteiger partial charge is 0.480 e. The van der Waals surface area contributed by atoms with E-state index in [1.54, 1.807) is 27.7 Å². The third-order valence-corrected chi connectivity index (χ3v) is 28.6. The summed E-state index contributed by atoms with van der Waals surface area (Å²) in [6.07, 6.45) is -2.57. The minimum atomic E-state index is -2.23. The number of likely N-dealkylation sites (tertiary alicyclic amines) is 1. The number of aliphatic carboxylic acids is 1. The average Bonchev–Trinajstić information content (AvgIpc) is 1.52. The van der Waals surface area contributed by atoms with Gasteiger partial charge in [-0.2, -0.15) is 11.8 Å². The minimum Gasteiger partial charge on any atom is -0.480 e. The number of aliphatic imine (C=N–C) groups is 2. The Morgan fingerprint density at radius 1 is 0.797 bits per heavy atom. The summed E-state index contributed by atoms with van der Waals surface area (Å²) in [5, 5.41) is 102. The minimum absolute atomic E-state index is 0.0289. The van der Waals surface area contributed by atoms with Gasteiger partial charge in [-0.25, -0.2) is 34.5 Å². The lowest BCUT2D eigenvalue weighted by molar-refractivity contribution is -0.149. The van der Waals surface area contributed by atoms with E-state index in [2.05, 4.69) is 91.6 Å². The molecule has 13 bridgehead atoms. The molecule has 686 valence electrons. The van der Waals surface area contributed by atoms with Crippen LogP contribution in [0.15, 0.2) is 80.0 Å². The van der Waals surface area contributed by atoms with E-state index in [1.807, 2.05) is 0 Å². The van der Waals surface area contributed by atoms with Crippen LogP contribution in [0.4, 0.5) is 0 Å². The average molecular weight is 1880 g/mol. The van der Waals surface area contributed by atoms with Crippen molar-refractivity contribution in [1.29, 1.82) is 0 Å². The number of primary amides is 1. The van der Waals surface area contributed by atoms with Gasteiger partial charge in [-0.15, -0.1) is 57.1 Å². The molecule has 11 rings (SSSR count). The number of thiazole rings is 4. The first-order chi connectivity index (χ1) is 60.4. The lowest BCUT2D eigenvalue weighted by atomic mass is 9.80. The first-order valence-corrected chi connectivity index (χ1v) is 46.4. The number of aliphatic hydroxyl groups is 5. The second-order valence-corrected chi connectivity index (χ2v) is 37.5. The first-order valence-electron chi connectivity index (χ1n) is 40.7. The normalized spacial score (nSPS) is 26.9. The molecule has 1 saturated heterocycles. The highest BCUT2D eigenvalue weighted by Crippen LogP contribution is 2.48. The number of allylic oxidation sites excluding steroid dienone is 1. The number of carbonyl (C=O) groups excluding carboxylic acids is 13. The van der Waals surface area contributed by atoms with Gasteiger partial charge in [0.25, 0.3) is 29.5 Å². The van der Waals surface area contributed by atoms with E-state index in [4.69, 9.17) is 25.4 Å². The summed E-state index contributed by atoms with van der Waals surface area (Å²) in [6.45, 7) is 23.5. The maximum absolute atomic E-state index is 15.5. The molecular weight excluding hydrogens is 1780 g/mol. The highest BCUT2D eigenvalue weighted by atomic mass is 32.2. The van der Waals surface area contributed by atoms with Gasteiger partial charge in [-0.1, -0.05) is 58.6 Å². The molecular formula is C81H100N20O21S6. The zero-order valence-corrected chi connectivity index (χ0v) is 76.1. The summed E-state index contributed by atoms with van der Waals surface area (Å²) < 4.78 is 6.29. The molecule has 1 aliphatic carbocycles. The molecule has 1 fully saturated rings. The number of carboxylic acids is 1. The first kappa shape index (κ1) is 97.6. The monoisotopic (exact) mass is 1880 g/mol. The van der Waals surface area contributed by atoms with Crippen LogP contribution in [-0.4, -0.2) is 250 Å². The van der Waals surface area contributed by atoms with Crippen molar-refractivity contribution < 1.29 is 102 Å². The van der Waals surface area contributed by atoms with Crippen molar-refractivity contribution >= 4 is 169 Å². The number of hydrogen-bond donors (Lipinski definition) is 18. The topological polar surface area (TPSA) is 620 Å². The molecule has 128 heavy (non-hydrogen) atoms. The Balaban J connectivity index is 1.04. The SMILES string of the molecule is C=C(NC(=O)c1csc(C2=N[C@@H]3c4csc(n4)[C@H]4NC(=O)c5csc(n5)[C@H]([C@](C)(O)[C@H](C)O)NC(=O)[C@H]5CSC(=N5)/C(=C/C)NC(=O)[C@H]([C@@H](C)O)NC(=O)c5csc(n5)[C@]3(CC2)NC(=O)[C@H](C)NC(=O)C(=C)NC(=O)[C@H](C)NC(=O)[C@H]([C@@H](C)CC)N[C@@H]2C=Cc3c([C@H](C)O)cc(nc3[C@H]2O)C(=O)O[C@@H]4C)n1)C(=O)NC(CSC[C@@H](C)C(=O)N1CCC[C@H]1C(=O)O)C(N)=O. The van der Waals surface area contributed by atoms with Crippen LogP contribution in [0.2, 0.25) is 0 Å². The Kier molecular flexibility index (Phi) is 31.4. The van der Waals surface area contributed by atoms with E-state index in [1.165, 1.54) is 99.2 Å². The molecule has 6 aliphatic rings. The second-order valence-electron chi connectivity index (χ2n) is 31.9. The Morgan fingerprint density at radius 3 is 2.17 bits per heavy atom. The van der Waals surface area contributed by atoms with Crippen molar-refractivity contribution in [3.63, 3.8) is 0 Å². The Bertz CT molecular complexity index is 5370. The predicted molar refractivity (Wildman–Crippen MR) is 472 cm³/mol. The van der Waals surface area contributed by atoms with Crippen LogP contribution in [0.25, 0.3) is 6.08 Å². The fourth-order valence-corrected chi connectivity index (χ4v) is 20.5. The number of aromatic nitrogens is 5. The van der Waals surface area contributed by atoms with E-state index in [-0.39, 0.29) is 107 Å². The number of ether oxygens (including phenoxy) is 1. The lowest BCUT2D eigenvalue weighted by Crippen LogP contribution is -2.57. The number of nitrogens with zero attached hydrogens (tertiary/aromatic N) is 8. The van der Waals surface area contributed by atoms with Gasteiger partial charge in [-0.05, 0) is 98.6 Å². The fourth-order valence-electron chi connectivity index (χ4n) is 14.5. The summed E-state index contributed by atoms with van der Waals surface area (Å²) in [4.78, 5) is 233. The van der Waals surface area contributed by atoms with Gasteiger partial charge in [0.2, 0.25) is 41.4 Å². The van der Waals surface area contributed by atoms with E-state index in [0.717, 1.165) is 68.9 Å². The number of amides is 12. The fraction of sp³-hybridized carbons (Fsp3) is 0.494. The number of nitrogens with one attached hydrogen (secondary N) is 11. The maximum atomic E-state index is 15.5.